The number of likely N-dealkylation sites (N-methyl/N-ethyl adjacent to an activating group) is 1. The van der Waals surface area contributed by atoms with Gasteiger partial charge < -0.3 is 11.1 Å². The lowest BCUT2D eigenvalue weighted by Crippen LogP contribution is -2.33. The first-order chi connectivity index (χ1) is 9.26. The van der Waals surface area contributed by atoms with Gasteiger partial charge in [0.1, 0.15) is 0 Å². The van der Waals surface area contributed by atoms with E-state index in [4.69, 9.17) is 5.73 Å². The van der Waals surface area contributed by atoms with Crippen LogP contribution in [0.15, 0.2) is 29.3 Å². The number of alkyl halides is 3. The van der Waals surface area contributed by atoms with Crippen molar-refractivity contribution >= 4 is 35.6 Å². The maximum absolute atomic E-state index is 12.1. The summed E-state index contributed by atoms with van der Waals surface area (Å²) in [4.78, 5) is 5.15. The zero-order valence-corrected chi connectivity index (χ0v) is 14.3. The Morgan fingerprint density at radius 1 is 1.38 bits per heavy atom. The summed E-state index contributed by atoms with van der Waals surface area (Å²) in [7, 11) is 1.40. The third-order valence-corrected chi connectivity index (χ3v) is 2.50. The van der Waals surface area contributed by atoms with E-state index in [0.29, 0.717) is 0 Å². The molecule has 0 spiro atoms. The van der Waals surface area contributed by atoms with E-state index >= 15 is 0 Å². The molecule has 8 heteroatoms. The number of nitrogens with one attached hydrogen (secondary N) is 1. The van der Waals surface area contributed by atoms with Crippen molar-refractivity contribution in [3.63, 3.8) is 0 Å². The Kier molecular flexibility index (Phi) is 8.64. The molecule has 0 atom stereocenters. The predicted octanol–water partition coefficient (Wildman–Crippen LogP) is 2.83. The maximum Gasteiger partial charge on any atom is 0.401 e. The van der Waals surface area contributed by atoms with Gasteiger partial charge in [-0.3, -0.25) is 9.89 Å². The zero-order chi connectivity index (χ0) is 15.2. The second-order valence-electron chi connectivity index (χ2n) is 4.61. The Morgan fingerprint density at radius 3 is 2.62 bits per heavy atom. The molecule has 0 aromatic heterocycles. The first-order valence-electron chi connectivity index (χ1n) is 6.15. The third kappa shape index (κ3) is 9.51. The summed E-state index contributed by atoms with van der Waals surface area (Å²) in [5.41, 5.74) is 7.54. The molecule has 0 radical (unpaired) electrons. The van der Waals surface area contributed by atoms with E-state index in [-0.39, 0.29) is 43.0 Å². The van der Waals surface area contributed by atoms with Gasteiger partial charge in [-0.25, -0.2) is 0 Å². The van der Waals surface area contributed by atoms with Crippen molar-refractivity contribution in [2.45, 2.75) is 13.1 Å². The molecule has 0 aliphatic carbocycles. The number of rotatable bonds is 5. The third-order valence-electron chi connectivity index (χ3n) is 2.50. The lowest BCUT2D eigenvalue weighted by atomic mass is 10.2. The molecular formula is C13H20F3IN4. The second-order valence-corrected chi connectivity index (χ2v) is 4.61. The summed E-state index contributed by atoms with van der Waals surface area (Å²) >= 11 is 0. The smallest absolute Gasteiger partial charge is 0.370 e. The first kappa shape index (κ1) is 20.0. The van der Waals surface area contributed by atoms with E-state index < -0.39 is 12.7 Å². The van der Waals surface area contributed by atoms with E-state index in [9.17, 15) is 13.2 Å². The molecule has 0 unspecified atom stereocenters. The van der Waals surface area contributed by atoms with Gasteiger partial charge in [0.05, 0.1) is 13.1 Å². The van der Waals surface area contributed by atoms with Crippen LogP contribution >= 0.6 is 24.0 Å². The van der Waals surface area contributed by atoms with Crippen molar-refractivity contribution in [2.24, 2.45) is 10.7 Å². The predicted molar refractivity (Wildman–Crippen MR) is 90.3 cm³/mol. The van der Waals surface area contributed by atoms with Crippen LogP contribution in [-0.2, 0) is 0 Å². The number of aliphatic imine (C=N–C) groups is 1. The SMILES string of the molecule is Cc1cccc(NC(N)=NCCN(C)CC(F)(F)F)c1.I. The van der Waals surface area contributed by atoms with Crippen LogP contribution in [0.25, 0.3) is 0 Å². The van der Waals surface area contributed by atoms with Gasteiger partial charge in [0.25, 0.3) is 0 Å². The Morgan fingerprint density at radius 2 is 2.05 bits per heavy atom. The summed E-state index contributed by atoms with van der Waals surface area (Å²) in [5.74, 6) is 0.191. The molecule has 0 fully saturated rings. The molecule has 3 N–H and O–H groups in total. The van der Waals surface area contributed by atoms with E-state index in [1.807, 2.05) is 31.2 Å². The first-order valence-corrected chi connectivity index (χ1v) is 6.15. The zero-order valence-electron chi connectivity index (χ0n) is 11.9. The molecule has 1 aromatic carbocycles. The molecule has 120 valence electrons. The highest BCUT2D eigenvalue weighted by molar-refractivity contribution is 14.0. The molecule has 0 bridgehead atoms. The number of anilines is 1. The fourth-order valence-electron chi connectivity index (χ4n) is 1.64. The number of aryl methyl sites for hydroxylation is 1. The topological polar surface area (TPSA) is 53.6 Å². The number of nitrogens with zero attached hydrogens (tertiary/aromatic N) is 2. The Hall–Kier alpha value is -1.03. The van der Waals surface area contributed by atoms with Gasteiger partial charge in [-0.2, -0.15) is 13.2 Å². The van der Waals surface area contributed by atoms with Gasteiger partial charge in [-0.1, -0.05) is 12.1 Å². The maximum atomic E-state index is 12.1. The molecule has 21 heavy (non-hydrogen) atoms. The average Bonchev–Trinajstić information content (AvgIpc) is 2.26. The normalized spacial score (nSPS) is 12.2. The van der Waals surface area contributed by atoms with Gasteiger partial charge in [-0.15, -0.1) is 24.0 Å². The molecule has 0 aliphatic heterocycles. The second kappa shape index (κ2) is 9.08. The number of hydrogen-bond donors (Lipinski definition) is 2. The van der Waals surface area contributed by atoms with Crippen LogP contribution in [0.1, 0.15) is 5.56 Å². The molecule has 0 saturated heterocycles. The van der Waals surface area contributed by atoms with Crippen molar-refractivity contribution in [1.29, 1.82) is 0 Å². The van der Waals surface area contributed by atoms with Crippen molar-refractivity contribution < 1.29 is 13.2 Å². The number of guanidine groups is 1. The standard InChI is InChI=1S/C13H19F3N4.HI/c1-10-4-3-5-11(8-10)19-12(17)18-6-7-20(2)9-13(14,15)16;/h3-5,8H,6-7,9H2,1-2H3,(H3,17,18,19);1H. The van der Waals surface area contributed by atoms with Crippen LogP contribution in [0.5, 0.6) is 0 Å². The minimum Gasteiger partial charge on any atom is -0.370 e. The van der Waals surface area contributed by atoms with Crippen LogP contribution < -0.4 is 11.1 Å². The van der Waals surface area contributed by atoms with Gasteiger partial charge in [0, 0.05) is 12.2 Å². The largest absolute Gasteiger partial charge is 0.401 e. The van der Waals surface area contributed by atoms with Gasteiger partial charge in [0.2, 0.25) is 0 Å². The van der Waals surface area contributed by atoms with Gasteiger partial charge in [-0.05, 0) is 31.7 Å². The average molecular weight is 416 g/mol. The summed E-state index contributed by atoms with van der Waals surface area (Å²) in [5, 5.41) is 2.89. The molecule has 1 aromatic rings. The number of halogens is 4. The van der Waals surface area contributed by atoms with Crippen LogP contribution in [0.4, 0.5) is 18.9 Å². The lowest BCUT2D eigenvalue weighted by Gasteiger charge is -2.17. The van der Waals surface area contributed by atoms with Crippen molar-refractivity contribution in [1.82, 2.24) is 4.90 Å². The monoisotopic (exact) mass is 416 g/mol. The number of nitrogens with two attached hydrogens (primary N) is 1. The summed E-state index contributed by atoms with van der Waals surface area (Å²) in [6.07, 6.45) is -4.19. The van der Waals surface area contributed by atoms with Crippen molar-refractivity contribution in [2.75, 3.05) is 32.0 Å². The highest BCUT2D eigenvalue weighted by atomic mass is 127. The molecular weight excluding hydrogens is 396 g/mol. The van der Waals surface area contributed by atoms with Crippen LogP contribution in [-0.4, -0.2) is 43.7 Å². The fraction of sp³-hybridized carbons (Fsp3) is 0.462. The molecule has 4 nitrogen and oxygen atoms in total. The van der Waals surface area contributed by atoms with E-state index in [1.54, 1.807) is 0 Å². The van der Waals surface area contributed by atoms with E-state index in [2.05, 4.69) is 10.3 Å². The van der Waals surface area contributed by atoms with Crippen LogP contribution in [0, 0.1) is 6.92 Å². The fourth-order valence-corrected chi connectivity index (χ4v) is 1.64. The summed E-state index contributed by atoms with van der Waals surface area (Å²) in [6.45, 7) is 1.39. The van der Waals surface area contributed by atoms with Gasteiger partial charge in [0.15, 0.2) is 5.96 Å². The highest BCUT2D eigenvalue weighted by Crippen LogP contribution is 2.15. The lowest BCUT2D eigenvalue weighted by molar-refractivity contribution is -0.142. The quantitative estimate of drug-likeness (QED) is 0.441. The molecule has 0 aliphatic rings. The van der Waals surface area contributed by atoms with Crippen molar-refractivity contribution in [3.8, 4) is 0 Å². The van der Waals surface area contributed by atoms with Gasteiger partial charge >= 0.3 is 6.18 Å². The molecule has 1 rings (SSSR count). The minimum absolute atomic E-state index is 0. The van der Waals surface area contributed by atoms with E-state index in [0.717, 1.165) is 16.2 Å². The Labute approximate surface area is 139 Å². The number of benzene rings is 1. The Balaban J connectivity index is 0.00000400. The summed E-state index contributed by atoms with van der Waals surface area (Å²) < 4.78 is 36.3. The highest BCUT2D eigenvalue weighted by Gasteiger charge is 2.28. The van der Waals surface area contributed by atoms with Crippen LogP contribution in [0.2, 0.25) is 0 Å². The molecule has 0 amide bonds. The minimum atomic E-state index is -4.19. The molecule has 0 saturated carbocycles. The van der Waals surface area contributed by atoms with E-state index in [1.165, 1.54) is 7.05 Å². The Bertz CT molecular complexity index is 463. The van der Waals surface area contributed by atoms with Crippen LogP contribution in [0.3, 0.4) is 0 Å². The number of hydrogen-bond acceptors (Lipinski definition) is 2. The summed E-state index contributed by atoms with van der Waals surface area (Å²) in [6, 6.07) is 7.57. The molecule has 0 heterocycles. The van der Waals surface area contributed by atoms with Crippen molar-refractivity contribution in [3.05, 3.63) is 29.8 Å².